The SMILES string of the molecule is CCCCCCCCCCC(O)CCC(CCCCCCC)S(=O)(=O)[O-].[K+]. The van der Waals surface area contributed by atoms with Gasteiger partial charge in [0.25, 0.3) is 0 Å². The Morgan fingerprint density at radius 1 is 0.667 bits per heavy atom. The van der Waals surface area contributed by atoms with Crippen molar-refractivity contribution in [3.05, 3.63) is 0 Å². The van der Waals surface area contributed by atoms with E-state index in [0.29, 0.717) is 19.3 Å². The van der Waals surface area contributed by atoms with Crippen LogP contribution in [0.5, 0.6) is 0 Å². The molecule has 0 aliphatic heterocycles. The topological polar surface area (TPSA) is 77.4 Å². The molecule has 158 valence electrons. The van der Waals surface area contributed by atoms with Crippen molar-refractivity contribution >= 4 is 10.1 Å². The van der Waals surface area contributed by atoms with Gasteiger partial charge < -0.3 is 9.66 Å². The fourth-order valence-electron chi connectivity index (χ4n) is 3.45. The maximum atomic E-state index is 11.4. The number of aliphatic hydroxyl groups excluding tert-OH is 1. The molecule has 0 aliphatic rings. The molecular formula is C21H43KO4S. The summed E-state index contributed by atoms with van der Waals surface area (Å²) in [6, 6.07) is 0. The van der Waals surface area contributed by atoms with E-state index in [-0.39, 0.29) is 51.4 Å². The van der Waals surface area contributed by atoms with Crippen LogP contribution in [-0.2, 0) is 10.1 Å². The molecule has 0 saturated heterocycles. The molecule has 0 aromatic carbocycles. The van der Waals surface area contributed by atoms with Crippen LogP contribution in [0.2, 0.25) is 0 Å². The Kier molecular flexibility index (Phi) is 23.6. The predicted molar refractivity (Wildman–Crippen MR) is 109 cm³/mol. The molecule has 2 unspecified atom stereocenters. The van der Waals surface area contributed by atoms with Crippen LogP contribution in [0.25, 0.3) is 0 Å². The van der Waals surface area contributed by atoms with Gasteiger partial charge in [-0.1, -0.05) is 97.3 Å². The molecule has 1 N–H and O–H groups in total. The number of rotatable bonds is 19. The van der Waals surface area contributed by atoms with Crippen LogP contribution in [0, 0.1) is 0 Å². The third kappa shape index (κ3) is 20.6. The van der Waals surface area contributed by atoms with E-state index in [1.807, 2.05) is 0 Å². The maximum Gasteiger partial charge on any atom is 1.00 e. The van der Waals surface area contributed by atoms with Crippen molar-refractivity contribution in [2.24, 2.45) is 0 Å². The van der Waals surface area contributed by atoms with Crippen molar-refractivity contribution in [3.63, 3.8) is 0 Å². The molecule has 0 aromatic heterocycles. The molecule has 0 amide bonds. The summed E-state index contributed by atoms with van der Waals surface area (Å²) in [5, 5.41) is 9.26. The molecule has 0 saturated carbocycles. The first-order chi connectivity index (χ1) is 12.4. The summed E-state index contributed by atoms with van der Waals surface area (Å²) in [5.74, 6) is 0. The third-order valence-electron chi connectivity index (χ3n) is 5.25. The van der Waals surface area contributed by atoms with E-state index in [1.54, 1.807) is 0 Å². The molecule has 0 aliphatic carbocycles. The summed E-state index contributed by atoms with van der Waals surface area (Å²) < 4.78 is 34.3. The molecule has 0 rings (SSSR count). The number of unbranched alkanes of at least 4 members (excludes halogenated alkanes) is 11. The molecule has 2 atom stereocenters. The van der Waals surface area contributed by atoms with Crippen LogP contribution in [0.4, 0.5) is 0 Å². The summed E-state index contributed by atoms with van der Waals surface area (Å²) in [6.45, 7) is 4.36. The second kappa shape index (κ2) is 20.8. The monoisotopic (exact) mass is 430 g/mol. The molecular weight excluding hydrogens is 387 g/mol. The Morgan fingerprint density at radius 2 is 1.07 bits per heavy atom. The summed E-state index contributed by atoms with van der Waals surface area (Å²) in [6.07, 6.45) is 16.4. The summed E-state index contributed by atoms with van der Waals surface area (Å²) in [5.41, 5.74) is 0. The number of hydrogen-bond donors (Lipinski definition) is 1. The van der Waals surface area contributed by atoms with Crippen molar-refractivity contribution in [1.29, 1.82) is 0 Å². The molecule has 0 heterocycles. The van der Waals surface area contributed by atoms with E-state index >= 15 is 0 Å². The van der Waals surface area contributed by atoms with Crippen LogP contribution in [0.3, 0.4) is 0 Å². The first-order valence-electron chi connectivity index (χ1n) is 11.0. The van der Waals surface area contributed by atoms with Gasteiger partial charge in [-0.25, -0.2) is 8.42 Å². The fourth-order valence-corrected chi connectivity index (χ4v) is 4.33. The average Bonchev–Trinajstić information content (AvgIpc) is 2.58. The Balaban J connectivity index is 0. The minimum absolute atomic E-state index is 0. The average molecular weight is 431 g/mol. The molecule has 0 fully saturated rings. The quantitative estimate of drug-likeness (QED) is 0.194. The Hall–Kier alpha value is 1.51. The molecule has 0 aromatic rings. The molecule has 0 spiro atoms. The molecule has 4 nitrogen and oxygen atoms in total. The Labute approximate surface area is 211 Å². The largest absolute Gasteiger partial charge is 1.00 e. The number of aliphatic hydroxyl groups is 1. The maximum absolute atomic E-state index is 11.4. The summed E-state index contributed by atoms with van der Waals surface area (Å²) in [7, 11) is -4.25. The van der Waals surface area contributed by atoms with Gasteiger partial charge in [0.05, 0.1) is 16.2 Å². The minimum Gasteiger partial charge on any atom is -0.748 e. The normalized spacial score (nSPS) is 13.9. The minimum atomic E-state index is -4.25. The van der Waals surface area contributed by atoms with Gasteiger partial charge in [-0.3, -0.25) is 0 Å². The summed E-state index contributed by atoms with van der Waals surface area (Å²) in [4.78, 5) is 0. The zero-order valence-corrected chi connectivity index (χ0v) is 22.2. The second-order valence-electron chi connectivity index (χ2n) is 7.81. The number of hydrogen-bond acceptors (Lipinski definition) is 4. The van der Waals surface area contributed by atoms with E-state index in [9.17, 15) is 18.1 Å². The van der Waals surface area contributed by atoms with Gasteiger partial charge in [0, 0.05) is 5.25 Å². The van der Waals surface area contributed by atoms with Crippen LogP contribution >= 0.6 is 0 Å². The van der Waals surface area contributed by atoms with Gasteiger partial charge in [-0.05, 0) is 25.7 Å². The second-order valence-corrected chi connectivity index (χ2v) is 9.46. The van der Waals surface area contributed by atoms with Crippen molar-refractivity contribution in [2.45, 2.75) is 134 Å². The van der Waals surface area contributed by atoms with E-state index in [2.05, 4.69) is 13.8 Å². The Bertz CT molecular complexity index is 401. The molecule has 0 radical (unpaired) electrons. The van der Waals surface area contributed by atoms with Gasteiger partial charge in [-0.2, -0.15) is 0 Å². The molecule has 0 bridgehead atoms. The van der Waals surface area contributed by atoms with Crippen molar-refractivity contribution in [3.8, 4) is 0 Å². The van der Waals surface area contributed by atoms with Gasteiger partial charge in [0.15, 0.2) is 0 Å². The first-order valence-corrected chi connectivity index (χ1v) is 12.5. The van der Waals surface area contributed by atoms with Gasteiger partial charge in [0.2, 0.25) is 0 Å². The standard InChI is InChI=1S/C21H44O4S.K/c1-3-5-7-9-10-11-13-14-16-20(22)18-19-21(26(23,24)25)17-15-12-8-6-4-2;/h20-22H,3-19H2,1-2H3,(H,23,24,25);/q;+1/p-1. The van der Waals surface area contributed by atoms with Gasteiger partial charge in [-0.15, -0.1) is 0 Å². The summed E-state index contributed by atoms with van der Waals surface area (Å²) >= 11 is 0. The van der Waals surface area contributed by atoms with Crippen molar-refractivity contribution in [2.75, 3.05) is 0 Å². The predicted octanol–water partition coefficient (Wildman–Crippen LogP) is 2.94. The third-order valence-corrected chi connectivity index (χ3v) is 6.54. The first kappa shape index (κ1) is 30.7. The van der Waals surface area contributed by atoms with E-state index < -0.39 is 21.5 Å². The van der Waals surface area contributed by atoms with E-state index in [4.69, 9.17) is 0 Å². The van der Waals surface area contributed by atoms with Crippen LogP contribution in [0.1, 0.15) is 123 Å². The van der Waals surface area contributed by atoms with Gasteiger partial charge in [0.1, 0.15) is 0 Å². The zero-order valence-electron chi connectivity index (χ0n) is 18.3. The van der Waals surface area contributed by atoms with E-state index in [0.717, 1.165) is 51.4 Å². The van der Waals surface area contributed by atoms with Crippen molar-refractivity contribution in [1.82, 2.24) is 0 Å². The van der Waals surface area contributed by atoms with Crippen molar-refractivity contribution < 1.29 is 69.5 Å². The fraction of sp³-hybridized carbons (Fsp3) is 1.00. The molecule has 27 heavy (non-hydrogen) atoms. The Morgan fingerprint density at radius 3 is 1.52 bits per heavy atom. The smallest absolute Gasteiger partial charge is 0.748 e. The van der Waals surface area contributed by atoms with Gasteiger partial charge >= 0.3 is 51.4 Å². The zero-order chi connectivity index (χ0) is 19.7. The molecule has 6 heteroatoms. The van der Waals surface area contributed by atoms with E-state index in [1.165, 1.54) is 38.5 Å². The van der Waals surface area contributed by atoms with Crippen LogP contribution < -0.4 is 51.4 Å². The van der Waals surface area contributed by atoms with Crippen LogP contribution in [0.15, 0.2) is 0 Å². The van der Waals surface area contributed by atoms with Crippen LogP contribution in [-0.4, -0.2) is 29.4 Å².